The van der Waals surface area contributed by atoms with E-state index >= 15 is 0 Å². The maximum absolute atomic E-state index is 11.1. The van der Waals surface area contributed by atoms with Crippen molar-refractivity contribution in [1.29, 1.82) is 0 Å². The van der Waals surface area contributed by atoms with Gasteiger partial charge in [-0.1, -0.05) is 13.8 Å². The van der Waals surface area contributed by atoms with Gasteiger partial charge in [0.05, 0.1) is 0 Å². The summed E-state index contributed by atoms with van der Waals surface area (Å²) in [6.07, 6.45) is 0. The molecule has 3 nitrogen and oxygen atoms in total. The third-order valence-electron chi connectivity index (χ3n) is 1.16. The van der Waals surface area contributed by atoms with Gasteiger partial charge in [0.1, 0.15) is 0 Å². The lowest BCUT2D eigenvalue weighted by Gasteiger charge is -2.21. The van der Waals surface area contributed by atoms with E-state index in [1.54, 1.807) is 0 Å². The summed E-state index contributed by atoms with van der Waals surface area (Å²) < 4.78 is 0. The van der Waals surface area contributed by atoms with Crippen LogP contribution in [0, 0.1) is 5.92 Å². The maximum Gasteiger partial charge on any atom is 0.315 e. The lowest BCUT2D eigenvalue weighted by atomic mass is 10.1. The Morgan fingerprint density at radius 2 is 1.83 bits per heavy atom. The molecular formula is C9H20N2O. The molecule has 0 aliphatic heterocycles. The molecule has 0 saturated heterocycles. The third-order valence-corrected chi connectivity index (χ3v) is 1.16. The first-order valence-electron chi connectivity index (χ1n) is 4.37. The first kappa shape index (κ1) is 11.3. The molecule has 0 unspecified atom stereocenters. The van der Waals surface area contributed by atoms with Crippen LogP contribution >= 0.6 is 0 Å². The van der Waals surface area contributed by atoms with Crippen LogP contribution in [0.5, 0.6) is 0 Å². The number of nitrogens with one attached hydrogen (secondary N) is 2. The van der Waals surface area contributed by atoms with E-state index < -0.39 is 0 Å². The minimum Gasteiger partial charge on any atom is -0.338 e. The molecule has 0 spiro atoms. The molecule has 0 atom stereocenters. The van der Waals surface area contributed by atoms with Crippen LogP contribution in [0.3, 0.4) is 0 Å². The van der Waals surface area contributed by atoms with Gasteiger partial charge < -0.3 is 10.6 Å². The number of hydrogen-bond donors (Lipinski definition) is 2. The highest BCUT2D eigenvalue weighted by molar-refractivity contribution is 5.74. The van der Waals surface area contributed by atoms with Crippen LogP contribution in [0.15, 0.2) is 0 Å². The molecule has 2 amide bonds. The molecule has 0 aliphatic carbocycles. The van der Waals surface area contributed by atoms with Gasteiger partial charge in [-0.2, -0.15) is 0 Å². The first-order chi connectivity index (χ1) is 5.31. The third kappa shape index (κ3) is 7.38. The second-order valence-corrected chi connectivity index (χ2v) is 4.48. The fourth-order valence-corrected chi connectivity index (χ4v) is 0.682. The summed E-state index contributed by atoms with van der Waals surface area (Å²) in [4.78, 5) is 11.1. The first-order valence-corrected chi connectivity index (χ1v) is 4.37. The van der Waals surface area contributed by atoms with Crippen molar-refractivity contribution >= 4 is 6.03 Å². The number of rotatable bonds is 2. The number of carbonyl (C=O) groups excluding carboxylic acids is 1. The Bertz CT molecular complexity index is 147. The van der Waals surface area contributed by atoms with E-state index in [-0.39, 0.29) is 11.6 Å². The van der Waals surface area contributed by atoms with Crippen LogP contribution in [0.2, 0.25) is 0 Å². The fraction of sp³-hybridized carbons (Fsp3) is 0.889. The Morgan fingerprint density at radius 3 is 2.17 bits per heavy atom. The van der Waals surface area contributed by atoms with Gasteiger partial charge in [0, 0.05) is 12.1 Å². The number of urea groups is 1. The minimum atomic E-state index is -0.152. The van der Waals surface area contributed by atoms with Gasteiger partial charge in [-0.15, -0.1) is 0 Å². The highest BCUT2D eigenvalue weighted by Gasteiger charge is 2.12. The molecule has 2 N–H and O–H groups in total. The van der Waals surface area contributed by atoms with Crippen molar-refractivity contribution in [3.05, 3.63) is 0 Å². The molecular weight excluding hydrogens is 152 g/mol. The van der Waals surface area contributed by atoms with Crippen molar-refractivity contribution in [2.75, 3.05) is 6.54 Å². The molecule has 0 rings (SSSR count). The molecule has 0 aromatic rings. The van der Waals surface area contributed by atoms with Gasteiger partial charge in [0.2, 0.25) is 0 Å². The van der Waals surface area contributed by atoms with Crippen molar-refractivity contribution in [3.63, 3.8) is 0 Å². The molecule has 0 heterocycles. The van der Waals surface area contributed by atoms with Crippen molar-refractivity contribution in [2.45, 2.75) is 40.2 Å². The quantitative estimate of drug-likeness (QED) is 0.654. The minimum absolute atomic E-state index is 0.0869. The second-order valence-electron chi connectivity index (χ2n) is 4.48. The standard InChI is InChI=1S/C9H20N2O/c1-7(2)6-10-8(12)11-9(3,4)5/h7H,6H2,1-5H3,(H2,10,11,12). The van der Waals surface area contributed by atoms with Gasteiger partial charge in [0.25, 0.3) is 0 Å². The van der Waals surface area contributed by atoms with E-state index in [9.17, 15) is 4.79 Å². The molecule has 0 aromatic heterocycles. The molecule has 3 heteroatoms. The molecule has 0 aromatic carbocycles. The van der Waals surface area contributed by atoms with Crippen LogP contribution < -0.4 is 10.6 Å². The van der Waals surface area contributed by atoms with Crippen molar-refractivity contribution in [1.82, 2.24) is 10.6 Å². The van der Waals surface area contributed by atoms with Gasteiger partial charge in [0.15, 0.2) is 0 Å². The van der Waals surface area contributed by atoms with E-state index in [4.69, 9.17) is 0 Å². The Labute approximate surface area is 74.9 Å². The van der Waals surface area contributed by atoms with E-state index in [0.717, 1.165) is 6.54 Å². The predicted octanol–water partition coefficient (Wildman–Crippen LogP) is 1.74. The molecule has 0 fully saturated rings. The summed E-state index contributed by atoms with van der Waals surface area (Å²) in [6.45, 7) is 10.7. The summed E-state index contributed by atoms with van der Waals surface area (Å²) in [5.41, 5.74) is -0.152. The van der Waals surface area contributed by atoms with Crippen molar-refractivity contribution < 1.29 is 4.79 Å². The summed E-state index contributed by atoms with van der Waals surface area (Å²) in [5.74, 6) is 0.496. The average Bonchev–Trinajstić information content (AvgIpc) is 1.79. The Kier molecular flexibility index (Phi) is 4.07. The van der Waals surface area contributed by atoms with Crippen LogP contribution in [-0.4, -0.2) is 18.1 Å². The van der Waals surface area contributed by atoms with E-state index in [1.165, 1.54) is 0 Å². The summed E-state index contributed by atoms with van der Waals surface area (Å²) in [6, 6.07) is -0.0869. The monoisotopic (exact) mass is 172 g/mol. The smallest absolute Gasteiger partial charge is 0.315 e. The Balaban J connectivity index is 3.61. The van der Waals surface area contributed by atoms with Crippen molar-refractivity contribution in [2.24, 2.45) is 5.92 Å². The summed E-state index contributed by atoms with van der Waals surface area (Å²) >= 11 is 0. The van der Waals surface area contributed by atoms with Crippen LogP contribution in [0.4, 0.5) is 4.79 Å². The molecule has 0 saturated carbocycles. The topological polar surface area (TPSA) is 41.1 Å². The molecule has 0 bridgehead atoms. The van der Waals surface area contributed by atoms with Gasteiger partial charge in [-0.3, -0.25) is 0 Å². The van der Waals surface area contributed by atoms with Crippen LogP contribution in [-0.2, 0) is 0 Å². The van der Waals surface area contributed by atoms with E-state index in [0.29, 0.717) is 5.92 Å². The summed E-state index contributed by atoms with van der Waals surface area (Å²) in [5, 5.41) is 5.61. The molecule has 12 heavy (non-hydrogen) atoms. The lowest BCUT2D eigenvalue weighted by Crippen LogP contribution is -2.47. The SMILES string of the molecule is CC(C)CNC(=O)NC(C)(C)C. The number of hydrogen-bond acceptors (Lipinski definition) is 1. The second kappa shape index (κ2) is 4.33. The molecule has 72 valence electrons. The van der Waals surface area contributed by atoms with Gasteiger partial charge in [-0.05, 0) is 26.7 Å². The number of amides is 2. The zero-order valence-electron chi connectivity index (χ0n) is 8.69. The molecule has 0 radical (unpaired) electrons. The normalized spacial score (nSPS) is 11.5. The zero-order chi connectivity index (χ0) is 9.78. The lowest BCUT2D eigenvalue weighted by molar-refractivity contribution is 0.230. The van der Waals surface area contributed by atoms with Gasteiger partial charge >= 0.3 is 6.03 Å². The zero-order valence-corrected chi connectivity index (χ0v) is 8.69. The van der Waals surface area contributed by atoms with Crippen LogP contribution in [0.1, 0.15) is 34.6 Å². The van der Waals surface area contributed by atoms with E-state index in [2.05, 4.69) is 24.5 Å². The maximum atomic E-state index is 11.1. The van der Waals surface area contributed by atoms with Gasteiger partial charge in [-0.25, -0.2) is 4.79 Å². The number of carbonyl (C=O) groups is 1. The van der Waals surface area contributed by atoms with Crippen molar-refractivity contribution in [3.8, 4) is 0 Å². The molecule has 0 aliphatic rings. The predicted molar refractivity (Wildman–Crippen MR) is 51.1 cm³/mol. The Morgan fingerprint density at radius 1 is 1.33 bits per heavy atom. The Hall–Kier alpha value is -0.730. The average molecular weight is 172 g/mol. The fourth-order valence-electron chi connectivity index (χ4n) is 0.682. The van der Waals surface area contributed by atoms with Crippen LogP contribution in [0.25, 0.3) is 0 Å². The summed E-state index contributed by atoms with van der Waals surface area (Å²) in [7, 11) is 0. The van der Waals surface area contributed by atoms with E-state index in [1.807, 2.05) is 20.8 Å². The highest BCUT2D eigenvalue weighted by Crippen LogP contribution is 1.97. The largest absolute Gasteiger partial charge is 0.338 e. The highest BCUT2D eigenvalue weighted by atomic mass is 16.2.